The maximum Gasteiger partial charge on any atom is 0.338 e. The van der Waals surface area contributed by atoms with Crippen molar-refractivity contribution in [1.29, 1.82) is 0 Å². The third-order valence-electron chi connectivity index (χ3n) is 9.56. The van der Waals surface area contributed by atoms with Gasteiger partial charge in [-0.3, -0.25) is 10.1 Å². The molecule has 0 atom stereocenters. The van der Waals surface area contributed by atoms with Gasteiger partial charge < -0.3 is 28.9 Å². The van der Waals surface area contributed by atoms with Crippen LogP contribution in [0.3, 0.4) is 0 Å². The molecule has 0 aliphatic carbocycles. The van der Waals surface area contributed by atoms with Gasteiger partial charge in [-0.25, -0.2) is 9.18 Å². The number of aromatic carboxylic acids is 1. The third-order valence-corrected chi connectivity index (χ3v) is 11.5. The molecule has 10 nitrogen and oxygen atoms in total. The Kier molecular flexibility index (Phi) is 11.2. The molecule has 6 aromatic rings. The van der Waals surface area contributed by atoms with Crippen LogP contribution in [0.1, 0.15) is 16.1 Å². The minimum atomic E-state index is -0.992. The molecule has 1 fully saturated rings. The largest absolute Gasteiger partial charge is 0.478 e. The summed E-state index contributed by atoms with van der Waals surface area (Å²) in [4.78, 5) is 29.7. The van der Waals surface area contributed by atoms with Crippen LogP contribution in [-0.4, -0.2) is 46.7 Å². The van der Waals surface area contributed by atoms with Gasteiger partial charge in [-0.1, -0.05) is 54.1 Å². The lowest BCUT2D eigenvalue weighted by atomic mass is 9.96. The van der Waals surface area contributed by atoms with Crippen molar-refractivity contribution >= 4 is 69.9 Å². The fourth-order valence-electron chi connectivity index (χ4n) is 6.71. The molecular formula is C41H36ClFN6O4S2. The number of rotatable bonds is 12. The molecule has 0 unspecified atom stereocenters. The van der Waals surface area contributed by atoms with E-state index < -0.39 is 10.9 Å². The van der Waals surface area contributed by atoms with E-state index in [1.807, 2.05) is 90.2 Å². The van der Waals surface area contributed by atoms with Gasteiger partial charge in [-0.15, -0.1) is 0 Å². The molecular weight excluding hydrogens is 759 g/mol. The number of benzene rings is 5. The van der Waals surface area contributed by atoms with Crippen LogP contribution in [0.2, 0.25) is 5.02 Å². The lowest BCUT2D eigenvalue weighted by molar-refractivity contribution is -0.384. The Morgan fingerprint density at radius 1 is 0.818 bits per heavy atom. The van der Waals surface area contributed by atoms with Crippen LogP contribution in [0.15, 0.2) is 125 Å². The third kappa shape index (κ3) is 8.24. The quantitative estimate of drug-likeness (QED) is 0.0628. The van der Waals surface area contributed by atoms with Crippen LogP contribution in [0.4, 0.5) is 32.8 Å². The average Bonchev–Trinajstić information content (AvgIpc) is 3.47. The number of nitrogens with one attached hydrogen (secondary N) is 2. The van der Waals surface area contributed by atoms with Gasteiger partial charge in [0.05, 0.1) is 21.9 Å². The number of nitro benzene ring substituents is 1. The van der Waals surface area contributed by atoms with Gasteiger partial charge in [0.2, 0.25) is 0 Å². The summed E-state index contributed by atoms with van der Waals surface area (Å²) in [6, 6.07) is 34.7. The molecule has 0 saturated carbocycles. The first-order valence-corrected chi connectivity index (χ1v) is 19.4. The van der Waals surface area contributed by atoms with Gasteiger partial charge in [0, 0.05) is 76.7 Å². The summed E-state index contributed by atoms with van der Waals surface area (Å²) in [5.41, 5.74) is 6.30. The molecule has 3 N–H and O–H groups in total. The molecule has 0 bridgehead atoms. The second-order valence-corrected chi connectivity index (χ2v) is 15.1. The summed E-state index contributed by atoms with van der Waals surface area (Å²) in [6.45, 7) is 4.24. The van der Waals surface area contributed by atoms with Crippen LogP contribution in [0.25, 0.3) is 22.4 Å². The molecule has 1 aliphatic rings. The Morgan fingerprint density at radius 3 is 2.22 bits per heavy atom. The number of carboxylic acid groups (broad SMARTS) is 1. The van der Waals surface area contributed by atoms with Crippen molar-refractivity contribution in [3.8, 4) is 22.4 Å². The van der Waals surface area contributed by atoms with Crippen molar-refractivity contribution in [1.82, 2.24) is 4.57 Å². The first-order chi connectivity index (χ1) is 26.6. The molecule has 0 radical (unpaired) electrons. The van der Waals surface area contributed by atoms with Gasteiger partial charge >= 0.3 is 5.97 Å². The lowest BCUT2D eigenvalue weighted by Crippen LogP contribution is -2.46. The van der Waals surface area contributed by atoms with Crippen molar-refractivity contribution in [2.24, 2.45) is 7.05 Å². The summed E-state index contributed by atoms with van der Waals surface area (Å²) in [6.07, 6.45) is 0. The smallest absolute Gasteiger partial charge is 0.338 e. The SMILES string of the molecule is Cc1c(C(=O)O)c(-c2cccc(N3CCN(c4ccc(NSc5ccc(NSc6ccccc6)c([N+](=O)[O-])c5)cc4F)CC3)c2)c(-c2ccc(Cl)cc2)n1C. The highest BCUT2D eigenvalue weighted by Crippen LogP contribution is 2.41. The molecule has 280 valence electrons. The number of carbonyl (C=O) groups is 1. The van der Waals surface area contributed by atoms with E-state index in [0.29, 0.717) is 64.4 Å². The van der Waals surface area contributed by atoms with Crippen LogP contribution in [-0.2, 0) is 7.05 Å². The fraction of sp³-hybridized carbons (Fsp3) is 0.146. The standard InChI is InChI=1S/C41H36ClFN6O4S2/c1-26-38(41(50)51)39(40(46(26)2)27-11-13-29(42)14-12-27)28-7-6-8-31(23-28)47-19-21-48(22-20-47)36-18-15-30(24-34(36)43)44-55-33-16-17-35(37(25-33)49(52)53)45-54-32-9-4-3-5-10-32/h3-18,23-25,44-45H,19-22H2,1-2H3,(H,50,51). The lowest BCUT2D eigenvalue weighted by Gasteiger charge is -2.37. The zero-order valence-corrected chi connectivity index (χ0v) is 32.2. The van der Waals surface area contributed by atoms with Crippen LogP contribution in [0, 0.1) is 22.9 Å². The predicted molar refractivity (Wildman–Crippen MR) is 222 cm³/mol. The molecule has 1 aliphatic heterocycles. The van der Waals surface area contributed by atoms with E-state index in [-0.39, 0.29) is 17.1 Å². The first kappa shape index (κ1) is 37.7. The van der Waals surface area contributed by atoms with Crippen LogP contribution < -0.4 is 19.2 Å². The number of carboxylic acids is 1. The van der Waals surface area contributed by atoms with E-state index in [4.69, 9.17) is 11.6 Å². The highest BCUT2D eigenvalue weighted by atomic mass is 35.5. The Balaban J connectivity index is 1.01. The van der Waals surface area contributed by atoms with E-state index in [9.17, 15) is 20.0 Å². The fourth-order valence-corrected chi connectivity index (χ4v) is 8.20. The number of anilines is 4. The van der Waals surface area contributed by atoms with Crippen molar-refractivity contribution in [3.05, 3.63) is 147 Å². The van der Waals surface area contributed by atoms with Gasteiger partial charge in [0.25, 0.3) is 5.69 Å². The zero-order chi connectivity index (χ0) is 38.6. The van der Waals surface area contributed by atoms with E-state index in [1.165, 1.54) is 36.0 Å². The average molecular weight is 795 g/mol. The molecule has 2 heterocycles. The Bertz CT molecular complexity index is 2370. The number of halogens is 2. The molecule has 14 heteroatoms. The van der Waals surface area contributed by atoms with Gasteiger partial charge in [0.15, 0.2) is 0 Å². The Morgan fingerprint density at radius 2 is 1.53 bits per heavy atom. The minimum Gasteiger partial charge on any atom is -0.478 e. The van der Waals surface area contributed by atoms with Crippen LogP contribution in [0.5, 0.6) is 0 Å². The number of nitro groups is 1. The molecule has 5 aromatic carbocycles. The van der Waals surface area contributed by atoms with Crippen molar-refractivity contribution in [2.75, 3.05) is 45.4 Å². The van der Waals surface area contributed by atoms with E-state index >= 15 is 4.39 Å². The highest BCUT2D eigenvalue weighted by molar-refractivity contribution is 8.00. The molecule has 0 spiro atoms. The normalized spacial score (nSPS) is 12.8. The molecule has 1 saturated heterocycles. The molecule has 7 rings (SSSR count). The monoisotopic (exact) mass is 794 g/mol. The highest BCUT2D eigenvalue weighted by Gasteiger charge is 2.27. The maximum absolute atomic E-state index is 15.5. The number of nitrogens with zero attached hydrogens (tertiary/aromatic N) is 4. The second kappa shape index (κ2) is 16.4. The first-order valence-electron chi connectivity index (χ1n) is 17.3. The summed E-state index contributed by atoms with van der Waals surface area (Å²) in [5.74, 6) is -1.37. The summed E-state index contributed by atoms with van der Waals surface area (Å²) in [5, 5.41) is 22.7. The second-order valence-electron chi connectivity index (χ2n) is 12.9. The van der Waals surface area contributed by atoms with Gasteiger partial charge in [-0.05, 0) is 109 Å². The van der Waals surface area contributed by atoms with Crippen molar-refractivity contribution in [2.45, 2.75) is 16.7 Å². The topological polar surface area (TPSA) is 116 Å². The summed E-state index contributed by atoms with van der Waals surface area (Å²) >= 11 is 8.63. The van der Waals surface area contributed by atoms with E-state index in [1.54, 1.807) is 36.4 Å². The number of aromatic nitrogens is 1. The number of hydrogen-bond donors (Lipinski definition) is 3. The van der Waals surface area contributed by atoms with E-state index in [0.717, 1.165) is 27.4 Å². The Labute approximate surface area is 331 Å². The van der Waals surface area contributed by atoms with Gasteiger partial charge in [-0.2, -0.15) is 0 Å². The molecule has 1 aromatic heterocycles. The van der Waals surface area contributed by atoms with Crippen molar-refractivity contribution in [3.63, 3.8) is 0 Å². The van der Waals surface area contributed by atoms with Crippen LogP contribution >= 0.6 is 35.5 Å². The maximum atomic E-state index is 15.5. The molecule has 55 heavy (non-hydrogen) atoms. The zero-order valence-electron chi connectivity index (χ0n) is 29.8. The summed E-state index contributed by atoms with van der Waals surface area (Å²) < 4.78 is 23.6. The minimum absolute atomic E-state index is 0.0644. The Hall–Kier alpha value is -5.63. The molecule has 0 amide bonds. The van der Waals surface area contributed by atoms with Gasteiger partial charge in [0.1, 0.15) is 11.5 Å². The number of hydrogen-bond acceptors (Lipinski definition) is 9. The summed E-state index contributed by atoms with van der Waals surface area (Å²) in [7, 11) is 1.87. The van der Waals surface area contributed by atoms with Crippen molar-refractivity contribution < 1.29 is 19.2 Å². The number of piperazine rings is 1. The van der Waals surface area contributed by atoms with E-state index in [2.05, 4.69) is 14.3 Å². The predicted octanol–water partition coefficient (Wildman–Crippen LogP) is 10.6.